The molecule has 0 unspecified atom stereocenters. The summed E-state index contributed by atoms with van der Waals surface area (Å²) in [5.74, 6) is -0.667. The molecular weight excluding hydrogens is 295 g/mol. The smallest absolute Gasteiger partial charge is 0.284 e. The minimum atomic E-state index is -0.965. The number of hydrogen-bond donors (Lipinski definition) is 0. The average molecular weight is 307 g/mol. The molecule has 2 aromatic carbocycles. The second-order valence-electron chi connectivity index (χ2n) is 4.34. The fourth-order valence-electron chi connectivity index (χ4n) is 2.02. The van der Waals surface area contributed by atoms with Crippen LogP contribution in [0.1, 0.15) is 22.8 Å². The molecule has 0 amide bonds. The highest BCUT2D eigenvalue weighted by molar-refractivity contribution is 6.83. The third-order valence-corrected chi connectivity index (χ3v) is 3.52. The molecule has 0 fully saturated rings. The number of aryl methyl sites for hydroxylation is 1. The molecule has 0 bridgehead atoms. The standard InChI is InChI=1S/C16H12Cl2O2/c1-2-10-3-4-12(9-14(10)15(19)16(18)20)11-5-7-13(17)8-6-11/h3-9H,2H2,1H3. The molecule has 0 heterocycles. The number of ketones is 1. The molecule has 20 heavy (non-hydrogen) atoms. The van der Waals surface area contributed by atoms with Crippen molar-refractivity contribution >= 4 is 34.2 Å². The lowest BCUT2D eigenvalue weighted by molar-refractivity contribution is -0.108. The maximum absolute atomic E-state index is 11.9. The molecular formula is C16H12Cl2O2. The number of carbonyl (C=O) groups is 2. The number of carbonyl (C=O) groups excluding carboxylic acids is 2. The molecule has 2 rings (SSSR count). The van der Waals surface area contributed by atoms with Gasteiger partial charge in [-0.3, -0.25) is 9.59 Å². The molecule has 4 heteroatoms. The van der Waals surface area contributed by atoms with Gasteiger partial charge in [0.05, 0.1) is 0 Å². The monoisotopic (exact) mass is 306 g/mol. The van der Waals surface area contributed by atoms with E-state index in [1.165, 1.54) is 0 Å². The van der Waals surface area contributed by atoms with Crippen LogP contribution in [-0.2, 0) is 11.2 Å². The van der Waals surface area contributed by atoms with Gasteiger partial charge >= 0.3 is 0 Å². The van der Waals surface area contributed by atoms with Crippen molar-refractivity contribution in [1.82, 2.24) is 0 Å². The van der Waals surface area contributed by atoms with Crippen molar-refractivity contribution in [1.29, 1.82) is 0 Å². The summed E-state index contributed by atoms with van der Waals surface area (Å²) in [5, 5.41) is -0.320. The van der Waals surface area contributed by atoms with Gasteiger partial charge in [-0.2, -0.15) is 0 Å². The molecule has 0 saturated heterocycles. The Kier molecular flexibility index (Phi) is 4.58. The Balaban J connectivity index is 2.52. The lowest BCUT2D eigenvalue weighted by Gasteiger charge is -2.08. The maximum Gasteiger partial charge on any atom is 0.293 e. The van der Waals surface area contributed by atoms with Crippen LogP contribution < -0.4 is 0 Å². The van der Waals surface area contributed by atoms with Crippen LogP contribution in [0.4, 0.5) is 0 Å². The summed E-state index contributed by atoms with van der Waals surface area (Å²) in [6, 6.07) is 12.7. The maximum atomic E-state index is 11.9. The van der Waals surface area contributed by atoms with Crippen LogP contribution in [0.25, 0.3) is 11.1 Å². The summed E-state index contributed by atoms with van der Waals surface area (Å²) in [5.41, 5.74) is 2.94. The van der Waals surface area contributed by atoms with Gasteiger partial charge in [0.1, 0.15) is 0 Å². The van der Waals surface area contributed by atoms with Gasteiger partial charge in [0.2, 0.25) is 5.78 Å². The van der Waals surface area contributed by atoms with Crippen molar-refractivity contribution < 1.29 is 9.59 Å². The summed E-state index contributed by atoms with van der Waals surface area (Å²) in [6.07, 6.45) is 0.659. The molecule has 0 aliphatic carbocycles. The van der Waals surface area contributed by atoms with Crippen molar-refractivity contribution in [3.8, 4) is 11.1 Å². The molecule has 2 nitrogen and oxygen atoms in total. The second kappa shape index (κ2) is 6.21. The molecule has 0 aliphatic heterocycles. The van der Waals surface area contributed by atoms with Gasteiger partial charge in [-0.15, -0.1) is 0 Å². The lowest BCUT2D eigenvalue weighted by atomic mass is 9.96. The van der Waals surface area contributed by atoms with Crippen LogP contribution in [0.3, 0.4) is 0 Å². The third-order valence-electron chi connectivity index (χ3n) is 3.09. The van der Waals surface area contributed by atoms with E-state index in [0.717, 1.165) is 16.7 Å². The first-order valence-electron chi connectivity index (χ1n) is 6.16. The van der Waals surface area contributed by atoms with Gasteiger partial charge in [-0.25, -0.2) is 0 Å². The molecule has 0 N–H and O–H groups in total. The van der Waals surface area contributed by atoms with Gasteiger partial charge in [0.15, 0.2) is 0 Å². The summed E-state index contributed by atoms with van der Waals surface area (Å²) < 4.78 is 0. The second-order valence-corrected chi connectivity index (χ2v) is 5.11. The highest BCUT2D eigenvalue weighted by Crippen LogP contribution is 2.25. The van der Waals surface area contributed by atoms with Crippen LogP contribution in [0, 0.1) is 0 Å². The molecule has 0 spiro atoms. The zero-order valence-corrected chi connectivity index (χ0v) is 12.3. The van der Waals surface area contributed by atoms with Crippen molar-refractivity contribution in [3.63, 3.8) is 0 Å². The van der Waals surface area contributed by atoms with Crippen molar-refractivity contribution in [2.45, 2.75) is 13.3 Å². The SMILES string of the molecule is CCc1ccc(-c2ccc(Cl)cc2)cc1C(=O)C(=O)Cl. The predicted molar refractivity (Wildman–Crippen MR) is 81.5 cm³/mol. The minimum Gasteiger partial charge on any atom is -0.284 e. The van der Waals surface area contributed by atoms with E-state index in [2.05, 4.69) is 0 Å². The normalized spacial score (nSPS) is 10.3. The summed E-state index contributed by atoms with van der Waals surface area (Å²) in [7, 11) is 0. The third kappa shape index (κ3) is 3.09. The summed E-state index contributed by atoms with van der Waals surface area (Å²) >= 11 is 11.2. The summed E-state index contributed by atoms with van der Waals surface area (Å²) in [4.78, 5) is 23.0. The van der Waals surface area contributed by atoms with E-state index in [1.807, 2.05) is 31.2 Å². The van der Waals surface area contributed by atoms with Crippen LogP contribution in [0.15, 0.2) is 42.5 Å². The average Bonchev–Trinajstić information content (AvgIpc) is 2.46. The van der Waals surface area contributed by atoms with Crippen molar-refractivity contribution in [2.75, 3.05) is 0 Å². The first-order valence-corrected chi connectivity index (χ1v) is 6.91. The Morgan fingerprint density at radius 2 is 1.60 bits per heavy atom. The topological polar surface area (TPSA) is 34.1 Å². The number of hydrogen-bond acceptors (Lipinski definition) is 2. The molecule has 0 atom stereocenters. The van der Waals surface area contributed by atoms with Gasteiger partial charge < -0.3 is 0 Å². The number of rotatable bonds is 4. The van der Waals surface area contributed by atoms with Gasteiger partial charge in [-0.05, 0) is 52.9 Å². The quantitative estimate of drug-likeness (QED) is 0.473. The van der Waals surface area contributed by atoms with E-state index in [9.17, 15) is 9.59 Å². The van der Waals surface area contributed by atoms with Crippen LogP contribution >= 0.6 is 23.2 Å². The Morgan fingerprint density at radius 3 is 2.15 bits per heavy atom. The number of halogens is 2. The number of Topliss-reactive ketones (excluding diaryl/α,β-unsaturated/α-hetero) is 1. The fraction of sp³-hybridized carbons (Fsp3) is 0.125. The van der Waals surface area contributed by atoms with Crippen LogP contribution in [0.5, 0.6) is 0 Å². The Morgan fingerprint density at radius 1 is 1.00 bits per heavy atom. The Bertz CT molecular complexity index is 661. The lowest BCUT2D eigenvalue weighted by Crippen LogP contribution is -2.10. The van der Waals surface area contributed by atoms with E-state index in [0.29, 0.717) is 17.0 Å². The van der Waals surface area contributed by atoms with Crippen LogP contribution in [0.2, 0.25) is 5.02 Å². The van der Waals surface area contributed by atoms with Gasteiger partial charge in [0.25, 0.3) is 5.24 Å². The molecule has 102 valence electrons. The zero-order valence-electron chi connectivity index (χ0n) is 10.8. The number of benzene rings is 2. The van der Waals surface area contributed by atoms with E-state index >= 15 is 0 Å². The van der Waals surface area contributed by atoms with E-state index in [-0.39, 0.29) is 0 Å². The van der Waals surface area contributed by atoms with E-state index in [1.54, 1.807) is 18.2 Å². The molecule has 0 radical (unpaired) electrons. The van der Waals surface area contributed by atoms with Gasteiger partial charge in [0, 0.05) is 10.6 Å². The minimum absolute atomic E-state index is 0.361. The molecule has 0 aromatic heterocycles. The molecule has 2 aromatic rings. The first kappa shape index (κ1) is 14.8. The molecule has 0 aliphatic rings. The summed E-state index contributed by atoms with van der Waals surface area (Å²) in [6.45, 7) is 1.92. The van der Waals surface area contributed by atoms with Crippen molar-refractivity contribution in [2.24, 2.45) is 0 Å². The highest BCUT2D eigenvalue weighted by Gasteiger charge is 2.17. The molecule has 0 saturated carbocycles. The van der Waals surface area contributed by atoms with Gasteiger partial charge in [-0.1, -0.05) is 42.8 Å². The Labute approximate surface area is 127 Å². The van der Waals surface area contributed by atoms with Crippen molar-refractivity contribution in [3.05, 3.63) is 58.6 Å². The largest absolute Gasteiger partial charge is 0.293 e. The highest BCUT2D eigenvalue weighted by atomic mass is 35.5. The fourth-order valence-corrected chi connectivity index (χ4v) is 2.25. The van der Waals surface area contributed by atoms with Crippen LogP contribution in [-0.4, -0.2) is 11.0 Å². The van der Waals surface area contributed by atoms with E-state index < -0.39 is 11.0 Å². The Hall–Kier alpha value is -1.64. The van der Waals surface area contributed by atoms with E-state index in [4.69, 9.17) is 23.2 Å². The first-order chi connectivity index (χ1) is 9.52. The zero-order chi connectivity index (χ0) is 14.7. The predicted octanol–water partition coefficient (Wildman–Crippen LogP) is 4.52.